The highest BCUT2D eigenvalue weighted by molar-refractivity contribution is 8.00. The maximum Gasteiger partial charge on any atom is 0.262 e. The van der Waals surface area contributed by atoms with Crippen LogP contribution in [0.25, 0.3) is 10.9 Å². The lowest BCUT2D eigenvalue weighted by molar-refractivity contribution is -0.118. The second-order valence-corrected chi connectivity index (χ2v) is 8.82. The summed E-state index contributed by atoms with van der Waals surface area (Å²) in [5.41, 5.74) is 2.69. The Kier molecular flexibility index (Phi) is 5.92. The first-order valence-electron chi connectivity index (χ1n) is 10.1. The Morgan fingerprint density at radius 1 is 1.23 bits per heavy atom. The molecule has 0 unspecified atom stereocenters. The maximum absolute atomic E-state index is 13.4. The molecule has 0 N–H and O–H groups in total. The molecule has 0 saturated heterocycles. The van der Waals surface area contributed by atoms with Crippen LogP contribution in [0.15, 0.2) is 58.5 Å². The van der Waals surface area contributed by atoms with Gasteiger partial charge in [0.05, 0.1) is 29.3 Å². The number of hydrogen-bond acceptors (Lipinski definition) is 5. The number of rotatable bonds is 6. The summed E-state index contributed by atoms with van der Waals surface area (Å²) in [6.07, 6.45) is 0.853. The number of thioether (sulfide) groups is 1. The fourth-order valence-corrected chi connectivity index (χ4v) is 4.91. The number of methoxy groups -OCH3 is 1. The zero-order chi connectivity index (χ0) is 21.3. The van der Waals surface area contributed by atoms with Crippen molar-refractivity contribution >= 4 is 34.3 Å². The molecule has 0 aliphatic carbocycles. The summed E-state index contributed by atoms with van der Waals surface area (Å²) >= 11 is 1.33. The molecule has 0 spiro atoms. The molecule has 2 aromatic carbocycles. The Morgan fingerprint density at radius 3 is 2.77 bits per heavy atom. The van der Waals surface area contributed by atoms with E-state index in [1.807, 2.05) is 48.2 Å². The molecule has 4 rings (SSSR count). The normalized spacial score (nSPS) is 16.6. The Morgan fingerprint density at radius 2 is 1.97 bits per heavy atom. The van der Waals surface area contributed by atoms with E-state index < -0.39 is 0 Å². The smallest absolute Gasteiger partial charge is 0.262 e. The molecule has 3 aromatic rings. The number of carbonyl (C=O) groups excluding carboxylic acids is 1. The van der Waals surface area contributed by atoms with Crippen LogP contribution >= 0.6 is 11.8 Å². The van der Waals surface area contributed by atoms with Crippen LogP contribution in [0, 0.1) is 0 Å². The van der Waals surface area contributed by atoms with E-state index in [2.05, 4.69) is 13.0 Å². The van der Waals surface area contributed by atoms with Crippen LogP contribution in [-0.4, -0.2) is 40.5 Å². The molecule has 0 radical (unpaired) electrons. The van der Waals surface area contributed by atoms with Gasteiger partial charge in [0, 0.05) is 18.8 Å². The summed E-state index contributed by atoms with van der Waals surface area (Å²) in [6, 6.07) is 15.4. The summed E-state index contributed by atoms with van der Waals surface area (Å²) < 4.78 is 6.80. The summed E-state index contributed by atoms with van der Waals surface area (Å²) in [4.78, 5) is 33.0. The van der Waals surface area contributed by atoms with E-state index in [1.54, 1.807) is 17.7 Å². The van der Waals surface area contributed by atoms with Crippen molar-refractivity contribution in [2.75, 3.05) is 18.6 Å². The first kappa shape index (κ1) is 20.6. The molecule has 0 fully saturated rings. The van der Waals surface area contributed by atoms with Crippen LogP contribution in [-0.2, 0) is 22.5 Å². The molecule has 1 amide bonds. The highest BCUT2D eigenvalue weighted by Gasteiger charge is 2.34. The average molecular weight is 424 g/mol. The van der Waals surface area contributed by atoms with Gasteiger partial charge in [0.1, 0.15) is 0 Å². The summed E-state index contributed by atoms with van der Waals surface area (Å²) in [7, 11) is 1.60. The van der Waals surface area contributed by atoms with Crippen LogP contribution in [0.2, 0.25) is 0 Å². The van der Waals surface area contributed by atoms with Gasteiger partial charge in [-0.1, -0.05) is 42.1 Å². The second-order valence-electron chi connectivity index (χ2n) is 7.51. The third kappa shape index (κ3) is 3.75. The number of amides is 1. The summed E-state index contributed by atoms with van der Waals surface area (Å²) in [5.74, 6) is 0.0261. The van der Waals surface area contributed by atoms with Crippen molar-refractivity contribution in [2.24, 2.45) is 0 Å². The number of nitrogens with zero attached hydrogens (tertiary/aromatic N) is 3. The zero-order valence-electron chi connectivity index (χ0n) is 17.4. The quantitative estimate of drug-likeness (QED) is 0.449. The first-order chi connectivity index (χ1) is 14.5. The molecule has 1 aliphatic rings. The molecule has 1 aliphatic heterocycles. The van der Waals surface area contributed by atoms with Crippen LogP contribution in [0.5, 0.6) is 0 Å². The lowest BCUT2D eigenvalue weighted by atomic mass is 10.1. The van der Waals surface area contributed by atoms with Crippen molar-refractivity contribution in [1.82, 2.24) is 9.55 Å². The molecule has 7 heteroatoms. The van der Waals surface area contributed by atoms with E-state index in [-0.39, 0.29) is 22.8 Å². The number of benzene rings is 2. The Labute approximate surface area is 179 Å². The van der Waals surface area contributed by atoms with Gasteiger partial charge in [-0.25, -0.2) is 4.98 Å². The van der Waals surface area contributed by atoms with Crippen LogP contribution in [0.4, 0.5) is 5.69 Å². The van der Waals surface area contributed by atoms with Crippen molar-refractivity contribution in [1.29, 1.82) is 0 Å². The molecule has 30 heavy (non-hydrogen) atoms. The number of anilines is 1. The predicted molar refractivity (Wildman–Crippen MR) is 120 cm³/mol. The van der Waals surface area contributed by atoms with Crippen LogP contribution in [0.3, 0.4) is 0 Å². The fourth-order valence-electron chi connectivity index (χ4n) is 3.92. The SMILES string of the molecule is COCCn1c(S[C@@H](C)C(=O)N2c3ccccc3C[C@H]2C)nc2ccccc2c1=O. The standard InChI is InChI=1S/C23H25N3O3S/c1-15-14-17-8-4-7-11-20(17)26(15)21(27)16(2)30-23-24-19-10-6-5-9-18(19)22(28)25(23)12-13-29-3/h4-11,15-16H,12-14H2,1-3H3/t15-,16+/m1/s1. The maximum atomic E-state index is 13.4. The van der Waals surface area contributed by atoms with Crippen LogP contribution < -0.4 is 10.5 Å². The Balaban J connectivity index is 1.66. The van der Waals surface area contributed by atoms with Gasteiger partial charge in [-0.2, -0.15) is 0 Å². The third-order valence-corrected chi connectivity index (χ3v) is 6.50. The molecule has 1 aromatic heterocycles. The van der Waals surface area contributed by atoms with Gasteiger partial charge < -0.3 is 9.64 Å². The van der Waals surface area contributed by atoms with Crippen molar-refractivity contribution in [2.45, 2.75) is 43.3 Å². The number of para-hydroxylation sites is 2. The topological polar surface area (TPSA) is 64.4 Å². The number of hydrogen-bond donors (Lipinski definition) is 0. The number of fused-ring (bicyclic) bond motifs is 2. The minimum absolute atomic E-state index is 0.0261. The predicted octanol–water partition coefficient (Wildman–Crippen LogP) is 3.50. The highest BCUT2D eigenvalue weighted by Crippen LogP contribution is 2.34. The van der Waals surface area contributed by atoms with Crippen molar-refractivity contribution in [3.63, 3.8) is 0 Å². The average Bonchev–Trinajstić information content (AvgIpc) is 3.08. The lowest BCUT2D eigenvalue weighted by Gasteiger charge is -2.26. The second kappa shape index (κ2) is 8.62. The van der Waals surface area contributed by atoms with Gasteiger partial charge in [0.15, 0.2) is 5.16 Å². The minimum Gasteiger partial charge on any atom is -0.383 e. The monoisotopic (exact) mass is 423 g/mol. The van der Waals surface area contributed by atoms with Crippen molar-refractivity contribution < 1.29 is 9.53 Å². The summed E-state index contributed by atoms with van der Waals surface area (Å²) in [5, 5.41) is 0.719. The van der Waals surface area contributed by atoms with E-state index in [4.69, 9.17) is 9.72 Å². The van der Waals surface area contributed by atoms with E-state index in [0.717, 1.165) is 12.1 Å². The lowest BCUT2D eigenvalue weighted by Crippen LogP contribution is -2.40. The Hall–Kier alpha value is -2.64. The van der Waals surface area contributed by atoms with Gasteiger partial charge >= 0.3 is 0 Å². The molecule has 156 valence electrons. The minimum atomic E-state index is -0.388. The zero-order valence-corrected chi connectivity index (χ0v) is 18.2. The fraction of sp³-hybridized carbons (Fsp3) is 0.348. The number of ether oxygens (including phenoxy) is 1. The molecule has 6 nitrogen and oxygen atoms in total. The van der Waals surface area contributed by atoms with Crippen molar-refractivity contribution in [3.8, 4) is 0 Å². The van der Waals surface area contributed by atoms with Gasteiger partial charge in [-0.3, -0.25) is 14.2 Å². The van der Waals surface area contributed by atoms with Gasteiger partial charge in [-0.15, -0.1) is 0 Å². The first-order valence-corrected chi connectivity index (χ1v) is 11.0. The van der Waals surface area contributed by atoms with Gasteiger partial charge in [0.2, 0.25) is 5.91 Å². The molecule has 0 bridgehead atoms. The Bertz CT molecular complexity index is 1140. The highest BCUT2D eigenvalue weighted by atomic mass is 32.2. The number of carbonyl (C=O) groups is 1. The molecule has 0 saturated carbocycles. The van der Waals surface area contributed by atoms with E-state index in [1.165, 1.54) is 17.3 Å². The van der Waals surface area contributed by atoms with Gasteiger partial charge in [-0.05, 0) is 44.0 Å². The summed E-state index contributed by atoms with van der Waals surface area (Å²) in [6.45, 7) is 4.73. The molecular formula is C23H25N3O3S. The molecule has 2 atom stereocenters. The largest absolute Gasteiger partial charge is 0.383 e. The molecular weight excluding hydrogens is 398 g/mol. The van der Waals surface area contributed by atoms with E-state index in [9.17, 15) is 9.59 Å². The van der Waals surface area contributed by atoms with Crippen molar-refractivity contribution in [3.05, 3.63) is 64.4 Å². The van der Waals surface area contributed by atoms with Gasteiger partial charge in [0.25, 0.3) is 5.56 Å². The third-order valence-electron chi connectivity index (χ3n) is 5.42. The number of aromatic nitrogens is 2. The van der Waals surface area contributed by atoms with E-state index >= 15 is 0 Å². The van der Waals surface area contributed by atoms with E-state index in [0.29, 0.717) is 29.2 Å². The molecule has 2 heterocycles. The van der Waals surface area contributed by atoms with Crippen LogP contribution in [0.1, 0.15) is 19.4 Å².